The predicted octanol–water partition coefficient (Wildman–Crippen LogP) is 3.66. The molecule has 0 aromatic heterocycles. The van der Waals surface area contributed by atoms with Gasteiger partial charge in [-0.15, -0.1) is 0 Å². The largest absolute Gasteiger partial charge is 0.311 e. The van der Waals surface area contributed by atoms with E-state index in [-0.39, 0.29) is 0 Å². The van der Waals surface area contributed by atoms with E-state index >= 15 is 0 Å². The minimum atomic E-state index is 0.358. The van der Waals surface area contributed by atoms with Gasteiger partial charge in [0, 0.05) is 31.2 Å². The maximum atomic E-state index is 3.76. The SMILES string of the molecule is CC1CNC(C(C)(C)C)CN1C1CCCCC1(C)C. The molecule has 2 fully saturated rings. The van der Waals surface area contributed by atoms with Gasteiger partial charge >= 0.3 is 0 Å². The van der Waals surface area contributed by atoms with Crippen LogP contribution in [-0.2, 0) is 0 Å². The van der Waals surface area contributed by atoms with Crippen molar-refractivity contribution < 1.29 is 0 Å². The van der Waals surface area contributed by atoms with Gasteiger partial charge in [0.25, 0.3) is 0 Å². The first-order chi connectivity index (χ1) is 8.72. The van der Waals surface area contributed by atoms with Crippen molar-refractivity contribution in [3.05, 3.63) is 0 Å². The first-order valence-electron chi connectivity index (χ1n) is 8.21. The third kappa shape index (κ3) is 3.33. The molecule has 19 heavy (non-hydrogen) atoms. The molecule has 1 N–H and O–H groups in total. The van der Waals surface area contributed by atoms with Gasteiger partial charge in [-0.2, -0.15) is 0 Å². The zero-order chi connectivity index (χ0) is 14.3. The second-order valence-corrected chi connectivity index (χ2v) is 8.62. The number of nitrogens with zero attached hydrogens (tertiary/aromatic N) is 1. The van der Waals surface area contributed by atoms with E-state index in [4.69, 9.17) is 0 Å². The van der Waals surface area contributed by atoms with Crippen molar-refractivity contribution in [1.82, 2.24) is 10.2 Å². The van der Waals surface area contributed by atoms with Crippen LogP contribution in [0.1, 0.15) is 67.2 Å². The molecular weight excluding hydrogens is 232 g/mol. The molecule has 3 atom stereocenters. The van der Waals surface area contributed by atoms with Crippen molar-refractivity contribution in [3.8, 4) is 0 Å². The molecule has 2 heteroatoms. The molecule has 2 nitrogen and oxygen atoms in total. The van der Waals surface area contributed by atoms with Gasteiger partial charge in [0.1, 0.15) is 0 Å². The van der Waals surface area contributed by atoms with E-state index in [2.05, 4.69) is 51.8 Å². The second kappa shape index (κ2) is 5.37. The summed E-state index contributed by atoms with van der Waals surface area (Å²) in [4.78, 5) is 2.82. The maximum absolute atomic E-state index is 3.76. The van der Waals surface area contributed by atoms with Crippen LogP contribution < -0.4 is 5.32 Å². The zero-order valence-corrected chi connectivity index (χ0v) is 13.9. The van der Waals surface area contributed by atoms with Gasteiger partial charge in [-0.1, -0.05) is 47.5 Å². The lowest BCUT2D eigenvalue weighted by atomic mass is 9.71. The zero-order valence-electron chi connectivity index (χ0n) is 13.9. The summed E-state index contributed by atoms with van der Waals surface area (Å²) in [6.45, 7) is 16.8. The Bertz CT molecular complexity index is 303. The molecule has 0 aromatic carbocycles. The van der Waals surface area contributed by atoms with E-state index in [1.54, 1.807) is 0 Å². The molecule has 1 saturated carbocycles. The van der Waals surface area contributed by atoms with Crippen molar-refractivity contribution in [1.29, 1.82) is 0 Å². The molecule has 1 aliphatic carbocycles. The molecule has 2 aliphatic rings. The fourth-order valence-corrected chi connectivity index (χ4v) is 3.99. The monoisotopic (exact) mass is 266 g/mol. The highest BCUT2D eigenvalue weighted by atomic mass is 15.3. The fraction of sp³-hybridized carbons (Fsp3) is 1.00. The Balaban J connectivity index is 2.12. The van der Waals surface area contributed by atoms with E-state index in [0.717, 1.165) is 12.6 Å². The lowest BCUT2D eigenvalue weighted by molar-refractivity contribution is -0.0142. The predicted molar refractivity (Wildman–Crippen MR) is 83.5 cm³/mol. The highest BCUT2D eigenvalue weighted by Crippen LogP contribution is 2.40. The first kappa shape index (κ1) is 15.3. The highest BCUT2D eigenvalue weighted by molar-refractivity contribution is 4.98. The summed E-state index contributed by atoms with van der Waals surface area (Å²) in [5.74, 6) is 0. The Morgan fingerprint density at radius 2 is 1.84 bits per heavy atom. The molecule has 2 rings (SSSR count). The van der Waals surface area contributed by atoms with Crippen LogP contribution in [0.5, 0.6) is 0 Å². The molecular formula is C17H34N2. The van der Waals surface area contributed by atoms with Crippen LogP contribution in [0.15, 0.2) is 0 Å². The standard InChI is InChI=1S/C17H34N2/c1-13-11-18-14(16(2,3)4)12-19(13)15-9-7-8-10-17(15,5)6/h13-15,18H,7-12H2,1-6H3. The lowest BCUT2D eigenvalue weighted by Gasteiger charge is -2.53. The van der Waals surface area contributed by atoms with E-state index in [1.165, 1.54) is 32.2 Å². The molecule has 112 valence electrons. The highest BCUT2D eigenvalue weighted by Gasteiger charge is 2.42. The summed E-state index contributed by atoms with van der Waals surface area (Å²) < 4.78 is 0. The molecule has 0 spiro atoms. The van der Waals surface area contributed by atoms with Crippen molar-refractivity contribution >= 4 is 0 Å². The van der Waals surface area contributed by atoms with Crippen molar-refractivity contribution in [2.45, 2.75) is 85.4 Å². The number of hydrogen-bond acceptors (Lipinski definition) is 2. The van der Waals surface area contributed by atoms with E-state index in [1.807, 2.05) is 0 Å². The summed E-state index contributed by atoms with van der Waals surface area (Å²) >= 11 is 0. The molecule has 3 unspecified atom stereocenters. The third-order valence-electron chi connectivity index (χ3n) is 5.52. The van der Waals surface area contributed by atoms with Crippen LogP contribution in [0.25, 0.3) is 0 Å². The normalized spacial score (nSPS) is 37.3. The van der Waals surface area contributed by atoms with Gasteiger partial charge in [-0.25, -0.2) is 0 Å². The molecule has 0 bridgehead atoms. The average molecular weight is 266 g/mol. The fourth-order valence-electron chi connectivity index (χ4n) is 3.99. The quantitative estimate of drug-likeness (QED) is 0.779. The summed E-state index contributed by atoms with van der Waals surface area (Å²) in [6, 6.07) is 2.09. The molecule has 1 aliphatic heterocycles. The number of nitrogens with one attached hydrogen (secondary N) is 1. The lowest BCUT2D eigenvalue weighted by Crippen LogP contribution is -2.64. The Morgan fingerprint density at radius 1 is 1.16 bits per heavy atom. The Morgan fingerprint density at radius 3 is 2.42 bits per heavy atom. The van der Waals surface area contributed by atoms with Crippen LogP contribution in [0.2, 0.25) is 0 Å². The Kier molecular flexibility index (Phi) is 4.32. The summed E-state index contributed by atoms with van der Waals surface area (Å²) in [6.07, 6.45) is 5.64. The molecule has 0 radical (unpaired) electrons. The summed E-state index contributed by atoms with van der Waals surface area (Å²) in [5.41, 5.74) is 0.851. The topological polar surface area (TPSA) is 15.3 Å². The van der Waals surface area contributed by atoms with Crippen LogP contribution in [0.3, 0.4) is 0 Å². The van der Waals surface area contributed by atoms with E-state index in [0.29, 0.717) is 22.9 Å². The minimum Gasteiger partial charge on any atom is -0.311 e. The number of rotatable bonds is 1. The van der Waals surface area contributed by atoms with E-state index < -0.39 is 0 Å². The van der Waals surface area contributed by atoms with Gasteiger partial charge in [-0.05, 0) is 30.6 Å². The van der Waals surface area contributed by atoms with Crippen molar-refractivity contribution in [2.75, 3.05) is 13.1 Å². The molecule has 1 heterocycles. The number of piperazine rings is 1. The first-order valence-corrected chi connectivity index (χ1v) is 8.21. The van der Waals surface area contributed by atoms with Gasteiger partial charge in [0.05, 0.1) is 0 Å². The average Bonchev–Trinajstić information content (AvgIpc) is 2.28. The molecule has 0 amide bonds. The van der Waals surface area contributed by atoms with Gasteiger partial charge < -0.3 is 5.32 Å². The van der Waals surface area contributed by atoms with Gasteiger partial charge in [-0.3, -0.25) is 4.90 Å². The van der Waals surface area contributed by atoms with Crippen LogP contribution in [0.4, 0.5) is 0 Å². The Labute approximate surface area is 120 Å². The maximum Gasteiger partial charge on any atom is 0.0244 e. The van der Waals surface area contributed by atoms with Gasteiger partial charge in [0.15, 0.2) is 0 Å². The van der Waals surface area contributed by atoms with Crippen LogP contribution in [-0.4, -0.2) is 36.1 Å². The van der Waals surface area contributed by atoms with Gasteiger partial charge in [0.2, 0.25) is 0 Å². The van der Waals surface area contributed by atoms with Crippen LogP contribution in [0, 0.1) is 10.8 Å². The Hall–Kier alpha value is -0.0800. The number of hydrogen-bond donors (Lipinski definition) is 1. The summed E-state index contributed by atoms with van der Waals surface area (Å²) in [5, 5.41) is 3.76. The molecule has 0 aromatic rings. The summed E-state index contributed by atoms with van der Waals surface area (Å²) in [7, 11) is 0. The second-order valence-electron chi connectivity index (χ2n) is 8.62. The van der Waals surface area contributed by atoms with E-state index in [9.17, 15) is 0 Å². The minimum absolute atomic E-state index is 0.358. The van der Waals surface area contributed by atoms with Crippen LogP contribution >= 0.6 is 0 Å². The molecule has 1 saturated heterocycles. The van der Waals surface area contributed by atoms with Crippen molar-refractivity contribution in [2.24, 2.45) is 10.8 Å². The third-order valence-corrected chi connectivity index (χ3v) is 5.52. The van der Waals surface area contributed by atoms with Crippen molar-refractivity contribution in [3.63, 3.8) is 0 Å². The smallest absolute Gasteiger partial charge is 0.0244 e.